The zero-order valence-corrected chi connectivity index (χ0v) is 17.9. The molecule has 1 fully saturated rings. The highest BCUT2D eigenvalue weighted by atomic mass is 127. The molecule has 2 aromatic rings. The van der Waals surface area contributed by atoms with Crippen molar-refractivity contribution in [2.75, 3.05) is 38.1 Å². The van der Waals surface area contributed by atoms with Gasteiger partial charge in [0.25, 0.3) is 0 Å². The molecule has 3 heterocycles. The Morgan fingerprint density at radius 2 is 2.12 bits per heavy atom. The van der Waals surface area contributed by atoms with E-state index in [1.54, 1.807) is 7.05 Å². The van der Waals surface area contributed by atoms with E-state index in [1.165, 1.54) is 11.5 Å². The van der Waals surface area contributed by atoms with Crippen LogP contribution in [0.15, 0.2) is 15.6 Å². The Morgan fingerprint density at radius 1 is 1.36 bits per heavy atom. The van der Waals surface area contributed by atoms with Crippen LogP contribution in [0.2, 0.25) is 0 Å². The Hall–Kier alpha value is -1.43. The van der Waals surface area contributed by atoms with E-state index in [0.29, 0.717) is 6.54 Å². The van der Waals surface area contributed by atoms with Crippen LogP contribution >= 0.6 is 35.5 Å². The summed E-state index contributed by atoms with van der Waals surface area (Å²) in [5.41, 5.74) is 0.888. The average molecular weight is 477 g/mol. The molecule has 3 rings (SSSR count). The third-order valence-corrected chi connectivity index (χ3v) is 4.75. The first-order chi connectivity index (χ1) is 11.7. The predicted molar refractivity (Wildman–Crippen MR) is 110 cm³/mol. The quantitative estimate of drug-likeness (QED) is 0.409. The Morgan fingerprint density at radius 3 is 2.68 bits per heavy atom. The average Bonchev–Trinajstić information content (AvgIpc) is 3.25. The van der Waals surface area contributed by atoms with Crippen LogP contribution in [-0.4, -0.2) is 58.6 Å². The molecule has 0 amide bonds. The van der Waals surface area contributed by atoms with Gasteiger partial charge < -0.3 is 19.6 Å². The number of nitrogens with zero attached hydrogens (tertiary/aromatic N) is 6. The molecule has 0 aromatic carbocycles. The van der Waals surface area contributed by atoms with E-state index in [0.717, 1.165) is 61.0 Å². The van der Waals surface area contributed by atoms with Gasteiger partial charge >= 0.3 is 0 Å². The second-order valence-corrected chi connectivity index (χ2v) is 6.39. The zero-order valence-electron chi connectivity index (χ0n) is 14.7. The maximum absolute atomic E-state index is 5.23. The molecule has 1 aliphatic heterocycles. The highest BCUT2D eigenvalue weighted by molar-refractivity contribution is 14.0. The Bertz CT molecular complexity index is 694. The first-order valence-corrected chi connectivity index (χ1v) is 8.92. The van der Waals surface area contributed by atoms with Gasteiger partial charge in [0.2, 0.25) is 5.13 Å². The number of hydrogen-bond donors (Lipinski definition) is 1. The second-order valence-electron chi connectivity index (χ2n) is 5.66. The molecule has 8 nitrogen and oxygen atoms in total. The molecule has 138 valence electrons. The number of aryl methyl sites for hydroxylation is 2. The van der Waals surface area contributed by atoms with Gasteiger partial charge in [0, 0.05) is 57.2 Å². The lowest BCUT2D eigenvalue weighted by atomic mass is 10.3. The lowest BCUT2D eigenvalue weighted by Crippen LogP contribution is -2.52. The number of halogens is 1. The lowest BCUT2D eigenvalue weighted by Gasteiger charge is -2.36. The number of anilines is 1. The van der Waals surface area contributed by atoms with Gasteiger partial charge in [-0.2, -0.15) is 4.37 Å². The smallest absolute Gasteiger partial charge is 0.205 e. The summed E-state index contributed by atoms with van der Waals surface area (Å²) < 4.78 is 9.59. The van der Waals surface area contributed by atoms with Crippen LogP contribution in [0.5, 0.6) is 0 Å². The third kappa shape index (κ3) is 5.03. The standard InChI is InChI=1S/C15H23N7OS.HI/c1-4-13-18-15(24-20-13)22-7-5-21(6-8-22)14(16-3)17-10-12-9-11(2)19-23-12;/h9H,4-8,10H2,1-3H3,(H,16,17);1H. The molecule has 25 heavy (non-hydrogen) atoms. The summed E-state index contributed by atoms with van der Waals surface area (Å²) >= 11 is 1.49. The van der Waals surface area contributed by atoms with E-state index in [-0.39, 0.29) is 24.0 Å². The molecule has 0 saturated carbocycles. The van der Waals surface area contributed by atoms with Crippen molar-refractivity contribution in [3.63, 3.8) is 0 Å². The van der Waals surface area contributed by atoms with Crippen molar-refractivity contribution in [1.82, 2.24) is 24.7 Å². The summed E-state index contributed by atoms with van der Waals surface area (Å²) in [6, 6.07) is 1.93. The molecule has 0 unspecified atom stereocenters. The minimum Gasteiger partial charge on any atom is -0.359 e. The topological polar surface area (TPSA) is 82.7 Å². The summed E-state index contributed by atoms with van der Waals surface area (Å²) in [6.45, 7) is 8.21. The summed E-state index contributed by atoms with van der Waals surface area (Å²) in [5, 5.41) is 8.25. The predicted octanol–water partition coefficient (Wildman–Crippen LogP) is 1.91. The van der Waals surface area contributed by atoms with Crippen molar-refractivity contribution in [3.05, 3.63) is 23.3 Å². The van der Waals surface area contributed by atoms with Crippen LogP contribution < -0.4 is 10.2 Å². The van der Waals surface area contributed by atoms with Crippen LogP contribution in [0.3, 0.4) is 0 Å². The molecule has 0 aliphatic carbocycles. The minimum absolute atomic E-state index is 0. The second kappa shape index (κ2) is 9.32. The van der Waals surface area contributed by atoms with Crippen LogP contribution in [0, 0.1) is 6.92 Å². The summed E-state index contributed by atoms with van der Waals surface area (Å²) in [6.07, 6.45) is 0.883. The number of guanidine groups is 1. The molecular formula is C15H24IN7OS. The van der Waals surface area contributed by atoms with E-state index in [4.69, 9.17) is 4.52 Å². The molecule has 2 aromatic heterocycles. The number of hydrogen-bond acceptors (Lipinski definition) is 7. The van der Waals surface area contributed by atoms with Crippen molar-refractivity contribution < 1.29 is 4.52 Å². The molecule has 1 saturated heterocycles. The summed E-state index contributed by atoms with van der Waals surface area (Å²) in [7, 11) is 1.80. The van der Waals surface area contributed by atoms with Crippen molar-refractivity contribution in [1.29, 1.82) is 0 Å². The molecule has 0 atom stereocenters. The normalized spacial score (nSPS) is 15.2. The van der Waals surface area contributed by atoms with Gasteiger partial charge in [-0.15, -0.1) is 24.0 Å². The first kappa shape index (κ1) is 19.9. The fourth-order valence-corrected chi connectivity index (χ4v) is 3.43. The third-order valence-electron chi connectivity index (χ3n) is 3.93. The molecular weight excluding hydrogens is 453 g/mol. The fourth-order valence-electron chi connectivity index (χ4n) is 2.62. The van der Waals surface area contributed by atoms with E-state index in [2.05, 4.69) is 41.5 Å². The molecule has 1 N–H and O–H groups in total. The molecule has 0 bridgehead atoms. The van der Waals surface area contributed by atoms with E-state index in [9.17, 15) is 0 Å². The van der Waals surface area contributed by atoms with E-state index in [1.807, 2.05) is 13.0 Å². The maximum Gasteiger partial charge on any atom is 0.205 e. The highest BCUT2D eigenvalue weighted by Gasteiger charge is 2.22. The zero-order chi connectivity index (χ0) is 16.9. The Balaban J connectivity index is 0.00000225. The van der Waals surface area contributed by atoms with Crippen molar-refractivity contribution >= 4 is 46.6 Å². The first-order valence-electron chi connectivity index (χ1n) is 8.15. The fraction of sp³-hybridized carbons (Fsp3) is 0.600. The number of rotatable bonds is 4. The van der Waals surface area contributed by atoms with Gasteiger partial charge in [-0.05, 0) is 6.92 Å². The largest absolute Gasteiger partial charge is 0.359 e. The van der Waals surface area contributed by atoms with Crippen molar-refractivity contribution in [2.24, 2.45) is 4.99 Å². The minimum atomic E-state index is 0. The monoisotopic (exact) mass is 477 g/mol. The van der Waals surface area contributed by atoms with Crippen LogP contribution in [0.1, 0.15) is 24.2 Å². The van der Waals surface area contributed by atoms with Gasteiger partial charge in [-0.25, -0.2) is 4.98 Å². The molecule has 0 radical (unpaired) electrons. The van der Waals surface area contributed by atoms with Crippen molar-refractivity contribution in [3.8, 4) is 0 Å². The van der Waals surface area contributed by atoms with Crippen LogP contribution in [0.4, 0.5) is 5.13 Å². The SMILES string of the molecule is CCc1nsc(N2CCN(C(=NC)NCc3cc(C)no3)CC2)n1.I. The maximum atomic E-state index is 5.23. The lowest BCUT2D eigenvalue weighted by molar-refractivity contribution is 0.357. The van der Waals surface area contributed by atoms with Crippen LogP contribution in [0.25, 0.3) is 0 Å². The van der Waals surface area contributed by atoms with E-state index >= 15 is 0 Å². The van der Waals surface area contributed by atoms with Crippen LogP contribution in [-0.2, 0) is 13.0 Å². The van der Waals surface area contributed by atoms with E-state index < -0.39 is 0 Å². The summed E-state index contributed by atoms with van der Waals surface area (Å²) in [5.74, 6) is 2.63. The highest BCUT2D eigenvalue weighted by Crippen LogP contribution is 2.19. The van der Waals surface area contributed by atoms with Gasteiger partial charge in [-0.1, -0.05) is 12.1 Å². The summed E-state index contributed by atoms with van der Waals surface area (Å²) in [4.78, 5) is 13.5. The number of aromatic nitrogens is 3. The van der Waals surface area contributed by atoms with Gasteiger partial charge in [0.05, 0.1) is 12.2 Å². The Labute approximate surface area is 168 Å². The van der Waals surface area contributed by atoms with Gasteiger partial charge in [0.1, 0.15) is 5.82 Å². The molecule has 0 spiro atoms. The number of nitrogens with one attached hydrogen (secondary N) is 1. The number of piperazine rings is 1. The van der Waals surface area contributed by atoms with Gasteiger partial charge in [-0.3, -0.25) is 4.99 Å². The Kier molecular flexibility index (Phi) is 7.41. The number of aliphatic imine (C=N–C) groups is 1. The van der Waals surface area contributed by atoms with Crippen molar-refractivity contribution in [2.45, 2.75) is 26.8 Å². The molecule has 10 heteroatoms. The molecule has 1 aliphatic rings. The van der Waals surface area contributed by atoms with Gasteiger partial charge in [0.15, 0.2) is 11.7 Å².